The van der Waals surface area contributed by atoms with Crippen molar-refractivity contribution in [3.8, 4) is 11.5 Å². The topological polar surface area (TPSA) is 57.6 Å². The van der Waals surface area contributed by atoms with Crippen LogP contribution in [-0.4, -0.2) is 6.79 Å². The Morgan fingerprint density at radius 1 is 1.05 bits per heavy atom. The highest BCUT2D eigenvalue weighted by Gasteiger charge is 2.19. The molecule has 0 spiro atoms. The Kier molecular flexibility index (Phi) is 2.80. The molecule has 106 valence electrons. The highest BCUT2D eigenvalue weighted by molar-refractivity contribution is 6.34. The summed E-state index contributed by atoms with van der Waals surface area (Å²) in [5.74, 6) is 2.10. The molecular formula is C16H12ClNO3. The number of furan rings is 1. The Balaban J connectivity index is 1.75. The molecule has 0 fully saturated rings. The van der Waals surface area contributed by atoms with Gasteiger partial charge in [0.1, 0.15) is 5.76 Å². The third-order valence-corrected chi connectivity index (χ3v) is 3.88. The molecule has 1 atom stereocenters. The average Bonchev–Trinajstić information content (AvgIpc) is 3.12. The Morgan fingerprint density at radius 3 is 2.76 bits per heavy atom. The fourth-order valence-corrected chi connectivity index (χ4v) is 2.69. The minimum absolute atomic E-state index is 0.244. The van der Waals surface area contributed by atoms with Gasteiger partial charge in [-0.2, -0.15) is 0 Å². The monoisotopic (exact) mass is 301 g/mol. The molecular weight excluding hydrogens is 290 g/mol. The summed E-state index contributed by atoms with van der Waals surface area (Å²) < 4.78 is 16.5. The molecule has 1 unspecified atom stereocenters. The lowest BCUT2D eigenvalue weighted by Gasteiger charge is -2.09. The third-order valence-electron chi connectivity index (χ3n) is 3.58. The summed E-state index contributed by atoms with van der Waals surface area (Å²) in [4.78, 5) is 0. The molecule has 4 nitrogen and oxygen atoms in total. The largest absolute Gasteiger partial charge is 0.457 e. The van der Waals surface area contributed by atoms with Crippen LogP contribution >= 0.6 is 11.6 Å². The lowest BCUT2D eigenvalue weighted by molar-refractivity contribution is 0.174. The van der Waals surface area contributed by atoms with Gasteiger partial charge in [0, 0.05) is 5.39 Å². The van der Waals surface area contributed by atoms with Crippen molar-refractivity contribution >= 4 is 22.6 Å². The molecule has 0 bridgehead atoms. The molecule has 4 rings (SSSR count). The van der Waals surface area contributed by atoms with E-state index < -0.39 is 0 Å². The predicted octanol–water partition coefficient (Wildman–Crippen LogP) is 3.86. The maximum Gasteiger partial charge on any atom is 0.231 e. The van der Waals surface area contributed by atoms with Crippen LogP contribution in [-0.2, 0) is 0 Å². The summed E-state index contributed by atoms with van der Waals surface area (Å²) in [6.07, 6.45) is 0. The average molecular weight is 302 g/mol. The Labute approximate surface area is 126 Å². The molecule has 2 aromatic carbocycles. The van der Waals surface area contributed by atoms with Crippen molar-refractivity contribution in [3.05, 3.63) is 58.8 Å². The summed E-state index contributed by atoms with van der Waals surface area (Å²) in [7, 11) is 0. The van der Waals surface area contributed by atoms with Crippen LogP contribution in [0, 0.1) is 0 Å². The second-order valence-corrected chi connectivity index (χ2v) is 5.30. The van der Waals surface area contributed by atoms with Gasteiger partial charge in [0.25, 0.3) is 0 Å². The number of hydrogen-bond donors (Lipinski definition) is 1. The quantitative estimate of drug-likeness (QED) is 0.781. The van der Waals surface area contributed by atoms with Crippen molar-refractivity contribution < 1.29 is 13.9 Å². The van der Waals surface area contributed by atoms with Crippen molar-refractivity contribution in [2.45, 2.75) is 6.04 Å². The molecule has 2 heterocycles. The molecule has 1 aromatic heterocycles. The van der Waals surface area contributed by atoms with Crippen molar-refractivity contribution in [2.75, 3.05) is 6.79 Å². The van der Waals surface area contributed by atoms with Crippen LogP contribution in [0.15, 0.2) is 46.9 Å². The normalized spacial score (nSPS) is 14.6. The van der Waals surface area contributed by atoms with E-state index in [1.807, 2.05) is 36.4 Å². The maximum atomic E-state index is 6.29. The number of benzene rings is 2. The standard InChI is InChI=1S/C16H12ClNO3/c17-11-3-1-2-10-7-14(21-16(10)11)15(18)9-4-5-12-13(6-9)20-8-19-12/h1-7,15H,8,18H2. The van der Waals surface area contributed by atoms with E-state index in [1.54, 1.807) is 6.07 Å². The minimum Gasteiger partial charge on any atom is -0.457 e. The molecule has 3 aromatic rings. The molecule has 5 heteroatoms. The zero-order chi connectivity index (χ0) is 14.4. The van der Waals surface area contributed by atoms with Crippen LogP contribution < -0.4 is 15.2 Å². The molecule has 1 aliphatic rings. The van der Waals surface area contributed by atoms with Gasteiger partial charge in [-0.25, -0.2) is 0 Å². The summed E-state index contributed by atoms with van der Waals surface area (Å²) >= 11 is 6.13. The first-order valence-corrected chi connectivity index (χ1v) is 6.93. The smallest absolute Gasteiger partial charge is 0.231 e. The van der Waals surface area contributed by atoms with Crippen molar-refractivity contribution in [1.29, 1.82) is 0 Å². The van der Waals surface area contributed by atoms with Crippen LogP contribution in [0.5, 0.6) is 11.5 Å². The number of hydrogen-bond acceptors (Lipinski definition) is 4. The van der Waals surface area contributed by atoms with E-state index in [9.17, 15) is 0 Å². The summed E-state index contributed by atoms with van der Waals surface area (Å²) in [6, 6.07) is 12.8. The van der Waals surface area contributed by atoms with Gasteiger partial charge in [0.05, 0.1) is 11.1 Å². The van der Waals surface area contributed by atoms with Gasteiger partial charge >= 0.3 is 0 Å². The van der Waals surface area contributed by atoms with Crippen LogP contribution in [0.2, 0.25) is 5.02 Å². The van der Waals surface area contributed by atoms with Crippen LogP contribution in [0.1, 0.15) is 17.4 Å². The van der Waals surface area contributed by atoms with Crippen molar-refractivity contribution in [3.63, 3.8) is 0 Å². The van der Waals surface area contributed by atoms with Gasteiger partial charge in [-0.05, 0) is 29.8 Å². The Bertz CT molecular complexity index is 828. The molecule has 21 heavy (non-hydrogen) atoms. The first-order valence-electron chi connectivity index (χ1n) is 6.55. The molecule has 0 amide bonds. The maximum absolute atomic E-state index is 6.29. The number of nitrogens with two attached hydrogens (primary N) is 1. The van der Waals surface area contributed by atoms with E-state index in [-0.39, 0.29) is 12.8 Å². The molecule has 0 saturated heterocycles. The van der Waals surface area contributed by atoms with Gasteiger partial charge in [-0.15, -0.1) is 0 Å². The van der Waals surface area contributed by atoms with Gasteiger partial charge in [0.2, 0.25) is 6.79 Å². The summed E-state index contributed by atoms with van der Waals surface area (Å²) in [6.45, 7) is 0.244. The highest BCUT2D eigenvalue weighted by atomic mass is 35.5. The Morgan fingerprint density at radius 2 is 1.90 bits per heavy atom. The lowest BCUT2D eigenvalue weighted by atomic mass is 10.0. The number of halogens is 1. The third kappa shape index (κ3) is 2.04. The lowest BCUT2D eigenvalue weighted by Crippen LogP contribution is -2.10. The number of ether oxygens (including phenoxy) is 2. The molecule has 2 N–H and O–H groups in total. The first-order chi connectivity index (χ1) is 10.2. The Hall–Kier alpha value is -2.17. The van der Waals surface area contributed by atoms with E-state index >= 15 is 0 Å². The second kappa shape index (κ2) is 4.69. The van der Waals surface area contributed by atoms with E-state index in [2.05, 4.69) is 0 Å². The number of para-hydroxylation sites is 1. The molecule has 1 aliphatic heterocycles. The molecule has 0 radical (unpaired) electrons. The minimum atomic E-state index is -0.386. The van der Waals surface area contributed by atoms with E-state index in [4.69, 9.17) is 31.2 Å². The van der Waals surface area contributed by atoms with Crippen LogP contribution in [0.4, 0.5) is 0 Å². The number of rotatable bonds is 2. The summed E-state index contributed by atoms with van der Waals surface area (Å²) in [5, 5.41) is 1.52. The molecule has 0 aliphatic carbocycles. The summed E-state index contributed by atoms with van der Waals surface area (Å²) in [5.41, 5.74) is 7.85. The van der Waals surface area contributed by atoms with Crippen LogP contribution in [0.25, 0.3) is 11.0 Å². The highest BCUT2D eigenvalue weighted by Crippen LogP contribution is 2.36. The van der Waals surface area contributed by atoms with Gasteiger partial charge in [-0.1, -0.05) is 29.8 Å². The van der Waals surface area contributed by atoms with Crippen molar-refractivity contribution in [1.82, 2.24) is 0 Å². The van der Waals surface area contributed by atoms with Gasteiger partial charge in [0.15, 0.2) is 17.1 Å². The first kappa shape index (κ1) is 12.6. The SMILES string of the molecule is NC(c1ccc2c(c1)OCO2)c1cc2cccc(Cl)c2o1. The second-order valence-electron chi connectivity index (χ2n) is 4.90. The molecule has 0 saturated carbocycles. The van der Waals surface area contributed by atoms with Gasteiger partial charge < -0.3 is 19.6 Å². The van der Waals surface area contributed by atoms with Crippen molar-refractivity contribution in [2.24, 2.45) is 5.73 Å². The van der Waals surface area contributed by atoms with Gasteiger partial charge in [-0.3, -0.25) is 0 Å². The van der Waals surface area contributed by atoms with E-state index in [1.165, 1.54) is 0 Å². The fraction of sp³-hybridized carbons (Fsp3) is 0.125. The predicted molar refractivity (Wildman–Crippen MR) is 79.8 cm³/mol. The van der Waals surface area contributed by atoms with E-state index in [0.717, 1.165) is 16.7 Å². The van der Waals surface area contributed by atoms with Crippen LogP contribution in [0.3, 0.4) is 0 Å². The fourth-order valence-electron chi connectivity index (χ4n) is 2.47. The zero-order valence-corrected chi connectivity index (χ0v) is 11.8. The zero-order valence-electron chi connectivity index (χ0n) is 11.0. The number of fused-ring (bicyclic) bond motifs is 2. The van der Waals surface area contributed by atoms with E-state index in [0.29, 0.717) is 22.1 Å².